The molecular weight excluding hydrogens is 168 g/mol. The fourth-order valence-electron chi connectivity index (χ4n) is 1.73. The van der Waals surface area contributed by atoms with Crippen LogP contribution in [0, 0.1) is 0 Å². The highest BCUT2D eigenvalue weighted by molar-refractivity contribution is 6.09. The van der Waals surface area contributed by atoms with Crippen LogP contribution in [0.2, 0.25) is 0 Å². The first-order valence-corrected chi connectivity index (χ1v) is 4.28. The first-order valence-electron chi connectivity index (χ1n) is 4.28. The second kappa shape index (κ2) is 1.87. The summed E-state index contributed by atoms with van der Waals surface area (Å²) in [6.45, 7) is 0. The molecule has 1 aliphatic carbocycles. The third kappa shape index (κ3) is 0.763. The molecule has 66 valence electrons. The molecule has 3 nitrogen and oxygen atoms in total. The summed E-state index contributed by atoms with van der Waals surface area (Å²) in [7, 11) is 0. The number of aromatic hydroxyl groups is 1. The molecule has 1 N–H and O–H groups in total. The minimum Gasteiger partial charge on any atom is -0.508 e. The Morgan fingerprint density at radius 1 is 1.38 bits per heavy atom. The van der Waals surface area contributed by atoms with E-state index in [-0.39, 0.29) is 11.5 Å². The van der Waals surface area contributed by atoms with E-state index in [1.165, 1.54) is 12.1 Å². The predicted molar refractivity (Wildman–Crippen MR) is 45.0 cm³/mol. The number of phenols is 1. The van der Waals surface area contributed by atoms with Gasteiger partial charge in [-0.05, 0) is 31.0 Å². The standard InChI is InChI=1S/C10H8O3/c11-6-1-2-8-7(5-6)9(12)10(13-8)3-4-10/h1-2,5,11H,3-4H2. The number of ether oxygens (including phenoxy) is 1. The number of phenolic OH excluding ortho intramolecular Hbond substituents is 1. The van der Waals surface area contributed by atoms with Gasteiger partial charge in [-0.15, -0.1) is 0 Å². The molecule has 0 bridgehead atoms. The third-order valence-electron chi connectivity index (χ3n) is 2.63. The van der Waals surface area contributed by atoms with Gasteiger partial charge in [0.15, 0.2) is 5.60 Å². The van der Waals surface area contributed by atoms with Crippen LogP contribution in [0.4, 0.5) is 0 Å². The van der Waals surface area contributed by atoms with Crippen molar-refractivity contribution in [1.82, 2.24) is 0 Å². The van der Waals surface area contributed by atoms with Crippen molar-refractivity contribution in [2.45, 2.75) is 18.4 Å². The van der Waals surface area contributed by atoms with Gasteiger partial charge in [0.2, 0.25) is 5.78 Å². The van der Waals surface area contributed by atoms with Crippen LogP contribution in [-0.2, 0) is 0 Å². The lowest BCUT2D eigenvalue weighted by Gasteiger charge is -2.03. The molecule has 1 aromatic carbocycles. The Bertz CT molecular complexity index is 405. The van der Waals surface area contributed by atoms with Crippen molar-refractivity contribution >= 4 is 5.78 Å². The van der Waals surface area contributed by atoms with Crippen LogP contribution >= 0.6 is 0 Å². The molecule has 3 rings (SSSR count). The van der Waals surface area contributed by atoms with Crippen LogP contribution in [0.25, 0.3) is 0 Å². The highest BCUT2D eigenvalue weighted by atomic mass is 16.5. The average Bonchev–Trinajstić information content (AvgIpc) is 2.83. The summed E-state index contributed by atoms with van der Waals surface area (Å²) in [5.41, 5.74) is -0.0200. The number of hydrogen-bond donors (Lipinski definition) is 1. The molecular formula is C10H8O3. The Kier molecular flexibility index (Phi) is 0.998. The molecule has 0 atom stereocenters. The molecule has 1 saturated carbocycles. The highest BCUT2D eigenvalue weighted by Gasteiger charge is 2.57. The van der Waals surface area contributed by atoms with E-state index in [4.69, 9.17) is 4.74 Å². The maximum absolute atomic E-state index is 11.7. The number of rotatable bonds is 0. The van der Waals surface area contributed by atoms with Crippen molar-refractivity contribution in [3.05, 3.63) is 23.8 Å². The molecule has 3 heteroatoms. The maximum Gasteiger partial charge on any atom is 0.210 e. The van der Waals surface area contributed by atoms with Gasteiger partial charge in [0.1, 0.15) is 11.5 Å². The van der Waals surface area contributed by atoms with E-state index in [0.29, 0.717) is 11.3 Å². The van der Waals surface area contributed by atoms with E-state index in [1.807, 2.05) is 0 Å². The number of hydrogen-bond acceptors (Lipinski definition) is 3. The van der Waals surface area contributed by atoms with Crippen LogP contribution in [0.5, 0.6) is 11.5 Å². The Morgan fingerprint density at radius 2 is 2.15 bits per heavy atom. The number of carbonyl (C=O) groups excluding carboxylic acids is 1. The van der Waals surface area contributed by atoms with Gasteiger partial charge in [0, 0.05) is 0 Å². The summed E-state index contributed by atoms with van der Waals surface area (Å²) in [5.74, 6) is 0.757. The zero-order chi connectivity index (χ0) is 9.05. The maximum atomic E-state index is 11.7. The lowest BCUT2D eigenvalue weighted by atomic mass is 10.1. The average molecular weight is 176 g/mol. The quantitative estimate of drug-likeness (QED) is 0.651. The van der Waals surface area contributed by atoms with E-state index in [1.54, 1.807) is 6.07 Å². The van der Waals surface area contributed by atoms with Gasteiger partial charge in [-0.3, -0.25) is 4.79 Å². The van der Waals surface area contributed by atoms with Crippen molar-refractivity contribution in [3.8, 4) is 11.5 Å². The van der Waals surface area contributed by atoms with Gasteiger partial charge >= 0.3 is 0 Å². The molecule has 1 aromatic rings. The molecule has 2 aliphatic rings. The van der Waals surface area contributed by atoms with Crippen molar-refractivity contribution in [2.24, 2.45) is 0 Å². The zero-order valence-corrected chi connectivity index (χ0v) is 6.91. The lowest BCUT2D eigenvalue weighted by molar-refractivity contribution is 0.0820. The first-order chi connectivity index (χ1) is 6.21. The fraction of sp³-hybridized carbons (Fsp3) is 0.300. The Balaban J connectivity index is 2.18. The summed E-state index contributed by atoms with van der Waals surface area (Å²) in [6, 6.07) is 4.66. The second-order valence-corrected chi connectivity index (χ2v) is 3.61. The molecule has 1 spiro atoms. The Morgan fingerprint density at radius 3 is 2.85 bits per heavy atom. The largest absolute Gasteiger partial charge is 0.508 e. The van der Waals surface area contributed by atoms with Gasteiger partial charge in [-0.25, -0.2) is 0 Å². The monoisotopic (exact) mass is 176 g/mol. The number of fused-ring (bicyclic) bond motifs is 1. The first kappa shape index (κ1) is 6.95. The minimum absolute atomic E-state index is 0.0263. The Labute approximate surface area is 74.9 Å². The summed E-state index contributed by atoms with van der Waals surface area (Å²) in [6.07, 6.45) is 1.61. The number of ketones is 1. The molecule has 1 heterocycles. The molecule has 13 heavy (non-hydrogen) atoms. The number of benzene rings is 1. The molecule has 0 radical (unpaired) electrons. The van der Waals surface area contributed by atoms with E-state index in [0.717, 1.165) is 12.8 Å². The van der Waals surface area contributed by atoms with Crippen LogP contribution in [0.1, 0.15) is 23.2 Å². The van der Waals surface area contributed by atoms with Gasteiger partial charge < -0.3 is 9.84 Å². The topological polar surface area (TPSA) is 46.5 Å². The second-order valence-electron chi connectivity index (χ2n) is 3.61. The summed E-state index contributed by atoms with van der Waals surface area (Å²) in [5, 5.41) is 9.20. The molecule has 0 aromatic heterocycles. The van der Waals surface area contributed by atoms with Crippen molar-refractivity contribution < 1.29 is 14.6 Å². The van der Waals surface area contributed by atoms with Crippen molar-refractivity contribution in [3.63, 3.8) is 0 Å². The van der Waals surface area contributed by atoms with E-state index >= 15 is 0 Å². The molecule has 0 saturated heterocycles. The van der Waals surface area contributed by atoms with Gasteiger partial charge in [0.25, 0.3) is 0 Å². The zero-order valence-electron chi connectivity index (χ0n) is 6.91. The van der Waals surface area contributed by atoms with Crippen LogP contribution in [0.3, 0.4) is 0 Å². The van der Waals surface area contributed by atoms with Gasteiger partial charge in [-0.2, -0.15) is 0 Å². The van der Waals surface area contributed by atoms with E-state index < -0.39 is 5.60 Å². The minimum atomic E-state index is -0.546. The normalized spacial score (nSPS) is 21.4. The molecule has 1 fully saturated rings. The van der Waals surface area contributed by atoms with E-state index in [2.05, 4.69) is 0 Å². The molecule has 0 unspecified atom stereocenters. The summed E-state index contributed by atoms with van der Waals surface area (Å²) in [4.78, 5) is 11.7. The Hall–Kier alpha value is -1.51. The molecule has 1 aliphatic heterocycles. The smallest absolute Gasteiger partial charge is 0.210 e. The molecule has 0 amide bonds. The van der Waals surface area contributed by atoms with Crippen LogP contribution in [0.15, 0.2) is 18.2 Å². The van der Waals surface area contributed by atoms with Crippen molar-refractivity contribution in [2.75, 3.05) is 0 Å². The summed E-state index contributed by atoms with van der Waals surface area (Å²) < 4.78 is 5.51. The fourth-order valence-corrected chi connectivity index (χ4v) is 1.73. The number of Topliss-reactive ketones (excluding diaryl/α,β-unsaturated/α-hetero) is 1. The van der Waals surface area contributed by atoms with E-state index in [9.17, 15) is 9.90 Å². The van der Waals surface area contributed by atoms with Gasteiger partial charge in [0.05, 0.1) is 5.56 Å². The lowest BCUT2D eigenvalue weighted by Crippen LogP contribution is -2.21. The SMILES string of the molecule is O=C1c2cc(O)ccc2OC12CC2. The van der Waals surface area contributed by atoms with Crippen molar-refractivity contribution in [1.29, 1.82) is 0 Å². The summed E-state index contributed by atoms with van der Waals surface area (Å²) >= 11 is 0. The van der Waals surface area contributed by atoms with Gasteiger partial charge in [-0.1, -0.05) is 0 Å². The third-order valence-corrected chi connectivity index (χ3v) is 2.63. The highest BCUT2D eigenvalue weighted by Crippen LogP contribution is 2.50. The van der Waals surface area contributed by atoms with Crippen LogP contribution < -0.4 is 4.74 Å². The van der Waals surface area contributed by atoms with Crippen LogP contribution in [-0.4, -0.2) is 16.5 Å². The number of carbonyl (C=O) groups is 1. The predicted octanol–water partition coefficient (Wildman–Crippen LogP) is 1.50.